The number of aliphatic carboxylic acids is 1. The minimum Gasteiger partial charge on any atom is -0.478 e. The van der Waals surface area contributed by atoms with Crippen LogP contribution in [-0.2, 0) is 4.79 Å². The lowest BCUT2D eigenvalue weighted by Gasteiger charge is -2.18. The number of aliphatic hydroxyl groups is 1. The number of carboxylic acids is 1. The molecular formula is C16H17ClF2O3. The van der Waals surface area contributed by atoms with Gasteiger partial charge >= 0.3 is 5.97 Å². The second-order valence-electron chi connectivity index (χ2n) is 4.66. The quantitative estimate of drug-likeness (QED) is 0.474. The highest BCUT2D eigenvalue weighted by atomic mass is 35.5. The van der Waals surface area contributed by atoms with Crippen molar-refractivity contribution in [2.24, 2.45) is 0 Å². The van der Waals surface area contributed by atoms with E-state index in [1.54, 1.807) is 6.92 Å². The first-order chi connectivity index (χ1) is 10.3. The van der Waals surface area contributed by atoms with Crippen molar-refractivity contribution in [2.75, 3.05) is 5.88 Å². The maximum Gasteiger partial charge on any atom is 0.332 e. The second kappa shape index (κ2) is 8.06. The molecule has 0 aromatic heterocycles. The van der Waals surface area contributed by atoms with E-state index in [1.165, 1.54) is 13.0 Å². The van der Waals surface area contributed by atoms with Gasteiger partial charge in [0.25, 0.3) is 0 Å². The van der Waals surface area contributed by atoms with Crippen molar-refractivity contribution >= 4 is 23.1 Å². The topological polar surface area (TPSA) is 57.5 Å². The molecule has 1 unspecified atom stereocenters. The Morgan fingerprint density at radius 2 is 1.86 bits per heavy atom. The molecule has 1 rings (SSSR count). The van der Waals surface area contributed by atoms with Gasteiger partial charge in [0, 0.05) is 17.5 Å². The van der Waals surface area contributed by atoms with Crippen LogP contribution in [-0.4, -0.2) is 28.2 Å². The number of aliphatic hydroxyl groups excluding tert-OH is 1. The van der Waals surface area contributed by atoms with Gasteiger partial charge in [-0.2, -0.15) is 0 Å². The molecule has 22 heavy (non-hydrogen) atoms. The number of carboxylic acid groups (broad SMARTS) is 1. The summed E-state index contributed by atoms with van der Waals surface area (Å²) in [5, 5.41) is 19.3. The van der Waals surface area contributed by atoms with E-state index in [1.807, 2.05) is 0 Å². The molecule has 0 aliphatic rings. The summed E-state index contributed by atoms with van der Waals surface area (Å²) in [7, 11) is 0. The Hall–Kier alpha value is -1.72. The lowest BCUT2D eigenvalue weighted by Crippen LogP contribution is -2.13. The van der Waals surface area contributed by atoms with E-state index < -0.39 is 23.7 Å². The van der Waals surface area contributed by atoms with Gasteiger partial charge < -0.3 is 10.2 Å². The van der Waals surface area contributed by atoms with Crippen LogP contribution < -0.4 is 0 Å². The van der Waals surface area contributed by atoms with E-state index in [-0.39, 0.29) is 34.6 Å². The molecular weight excluding hydrogens is 314 g/mol. The van der Waals surface area contributed by atoms with Crippen LogP contribution in [0.4, 0.5) is 8.78 Å². The standard InChI is InChI=1S/C16H17ClF2O3/c1-3-13(16(21)22)15(14(4-5-17)9(2)20)10-6-11(18)8-12(19)7-10/h4,6-9,20H,3,5H2,1-2H3,(H,21,22)/b14-4-,15-13+. The van der Waals surface area contributed by atoms with Crippen LogP contribution in [0.3, 0.4) is 0 Å². The molecule has 1 atom stereocenters. The summed E-state index contributed by atoms with van der Waals surface area (Å²) >= 11 is 5.66. The van der Waals surface area contributed by atoms with Crippen LogP contribution in [0.5, 0.6) is 0 Å². The van der Waals surface area contributed by atoms with E-state index in [0.717, 1.165) is 12.1 Å². The van der Waals surface area contributed by atoms with Crippen molar-refractivity contribution < 1.29 is 23.8 Å². The lowest BCUT2D eigenvalue weighted by atomic mass is 9.88. The SMILES string of the molecule is CC/C(C(=O)O)=C(\C(=C/CCl)C(C)O)c1cc(F)cc(F)c1. The molecule has 120 valence electrons. The Morgan fingerprint density at radius 3 is 2.23 bits per heavy atom. The van der Waals surface area contributed by atoms with Gasteiger partial charge in [-0.3, -0.25) is 0 Å². The van der Waals surface area contributed by atoms with Crippen molar-refractivity contribution in [3.8, 4) is 0 Å². The molecule has 0 radical (unpaired) electrons. The van der Waals surface area contributed by atoms with Gasteiger partial charge in [0.05, 0.1) is 6.10 Å². The smallest absolute Gasteiger partial charge is 0.332 e. The van der Waals surface area contributed by atoms with Crippen molar-refractivity contribution in [3.05, 3.63) is 52.6 Å². The molecule has 0 spiro atoms. The zero-order chi connectivity index (χ0) is 16.9. The fourth-order valence-electron chi connectivity index (χ4n) is 2.21. The molecule has 0 aliphatic heterocycles. The molecule has 3 nitrogen and oxygen atoms in total. The number of rotatable bonds is 6. The average molecular weight is 331 g/mol. The number of carbonyl (C=O) groups is 1. The van der Waals surface area contributed by atoms with E-state index in [4.69, 9.17) is 11.6 Å². The summed E-state index contributed by atoms with van der Waals surface area (Å²) in [5.74, 6) is -2.85. The van der Waals surface area contributed by atoms with Crippen molar-refractivity contribution in [1.82, 2.24) is 0 Å². The molecule has 0 saturated carbocycles. The van der Waals surface area contributed by atoms with Crippen molar-refractivity contribution in [2.45, 2.75) is 26.4 Å². The minimum absolute atomic E-state index is 0.0259. The third-order valence-corrected chi connectivity index (χ3v) is 3.25. The molecule has 1 aromatic carbocycles. The van der Waals surface area contributed by atoms with Crippen LogP contribution in [0.25, 0.3) is 5.57 Å². The number of allylic oxidation sites excluding steroid dienone is 1. The van der Waals surface area contributed by atoms with Crippen molar-refractivity contribution in [3.63, 3.8) is 0 Å². The van der Waals surface area contributed by atoms with Crippen molar-refractivity contribution in [1.29, 1.82) is 0 Å². The molecule has 6 heteroatoms. The van der Waals surface area contributed by atoms with Crippen LogP contribution in [0.2, 0.25) is 0 Å². The van der Waals surface area contributed by atoms with Crippen LogP contribution in [0, 0.1) is 11.6 Å². The molecule has 0 saturated heterocycles. The Kier molecular flexibility index (Phi) is 6.71. The number of hydrogen-bond acceptors (Lipinski definition) is 2. The summed E-state index contributed by atoms with van der Waals surface area (Å²) < 4.78 is 27.0. The minimum atomic E-state index is -1.22. The zero-order valence-corrected chi connectivity index (χ0v) is 13.0. The highest BCUT2D eigenvalue weighted by molar-refractivity contribution is 6.19. The van der Waals surface area contributed by atoms with Gasteiger partial charge in [-0.15, -0.1) is 11.6 Å². The number of halogens is 3. The predicted molar refractivity (Wildman–Crippen MR) is 81.7 cm³/mol. The number of alkyl halides is 1. The Bertz CT molecular complexity index is 602. The third kappa shape index (κ3) is 4.39. The first-order valence-corrected chi connectivity index (χ1v) is 7.22. The molecule has 0 amide bonds. The summed E-state index contributed by atoms with van der Waals surface area (Å²) in [6.45, 7) is 3.04. The fraction of sp³-hybridized carbons (Fsp3) is 0.312. The van der Waals surface area contributed by atoms with Gasteiger partial charge in [0.15, 0.2) is 0 Å². The number of hydrogen-bond donors (Lipinski definition) is 2. The molecule has 0 fully saturated rings. The average Bonchev–Trinajstić information content (AvgIpc) is 2.40. The summed E-state index contributed by atoms with van der Waals surface area (Å²) in [6, 6.07) is 2.75. The Morgan fingerprint density at radius 1 is 1.32 bits per heavy atom. The Labute approximate surface area is 132 Å². The predicted octanol–water partition coefficient (Wildman–Crippen LogP) is 3.76. The molecule has 2 N–H and O–H groups in total. The zero-order valence-electron chi connectivity index (χ0n) is 12.2. The fourth-order valence-corrected chi connectivity index (χ4v) is 2.38. The van der Waals surface area contributed by atoms with Crippen LogP contribution >= 0.6 is 11.6 Å². The van der Waals surface area contributed by atoms with E-state index in [0.29, 0.717) is 6.07 Å². The van der Waals surface area contributed by atoms with E-state index >= 15 is 0 Å². The van der Waals surface area contributed by atoms with E-state index in [9.17, 15) is 23.8 Å². The highest BCUT2D eigenvalue weighted by Gasteiger charge is 2.21. The van der Waals surface area contributed by atoms with Gasteiger partial charge in [-0.1, -0.05) is 13.0 Å². The molecule has 0 heterocycles. The Balaban J connectivity index is 3.73. The lowest BCUT2D eigenvalue weighted by molar-refractivity contribution is -0.132. The highest BCUT2D eigenvalue weighted by Crippen LogP contribution is 2.32. The molecule has 1 aromatic rings. The van der Waals surface area contributed by atoms with Gasteiger partial charge in [0.2, 0.25) is 0 Å². The van der Waals surface area contributed by atoms with Crippen LogP contribution in [0.15, 0.2) is 35.4 Å². The third-order valence-electron chi connectivity index (χ3n) is 3.10. The van der Waals surface area contributed by atoms with Gasteiger partial charge in [-0.25, -0.2) is 13.6 Å². The largest absolute Gasteiger partial charge is 0.478 e. The molecule has 0 bridgehead atoms. The summed E-state index contributed by atoms with van der Waals surface area (Å²) in [5.41, 5.74) is 0.305. The normalized spacial score (nSPS) is 14.5. The summed E-state index contributed by atoms with van der Waals surface area (Å²) in [6.07, 6.45) is 0.513. The maximum atomic E-state index is 13.5. The maximum absolute atomic E-state index is 13.5. The monoisotopic (exact) mass is 330 g/mol. The van der Waals surface area contributed by atoms with E-state index in [2.05, 4.69) is 0 Å². The number of benzene rings is 1. The second-order valence-corrected chi connectivity index (χ2v) is 4.97. The van der Waals surface area contributed by atoms with Gasteiger partial charge in [0.1, 0.15) is 11.6 Å². The first kappa shape index (κ1) is 18.3. The molecule has 0 aliphatic carbocycles. The summed E-state index contributed by atoms with van der Waals surface area (Å²) in [4.78, 5) is 11.5. The van der Waals surface area contributed by atoms with Gasteiger partial charge in [-0.05, 0) is 42.2 Å². The van der Waals surface area contributed by atoms with Crippen LogP contribution in [0.1, 0.15) is 25.8 Å². The first-order valence-electron chi connectivity index (χ1n) is 6.69.